The van der Waals surface area contributed by atoms with Gasteiger partial charge < -0.3 is 15.5 Å². The van der Waals surface area contributed by atoms with Crippen LogP contribution in [0.25, 0.3) is 0 Å². The molecule has 2 amide bonds. The molecule has 1 saturated heterocycles. The van der Waals surface area contributed by atoms with E-state index >= 15 is 0 Å². The maximum atomic E-state index is 12.2. The quantitative estimate of drug-likeness (QED) is 0.563. The van der Waals surface area contributed by atoms with E-state index in [0.717, 1.165) is 24.2 Å². The second kappa shape index (κ2) is 8.51. The van der Waals surface area contributed by atoms with E-state index in [4.69, 9.17) is 0 Å². The third kappa shape index (κ3) is 4.46. The van der Waals surface area contributed by atoms with Crippen LogP contribution in [-0.4, -0.2) is 29.8 Å². The Labute approximate surface area is 162 Å². The zero-order chi connectivity index (χ0) is 20.1. The van der Waals surface area contributed by atoms with Crippen LogP contribution in [0.3, 0.4) is 0 Å². The standard InChI is InChI=1S/C20H22N4O4/c1-14-13-15(8-9-17(14)23-12-4-7-20(23)26)22-19(25)10-11-21-16-5-2-3-6-18(16)24(27)28/h2-3,5-6,8-9,13,21H,4,7,10-12H2,1H3,(H,22,25). The third-order valence-corrected chi connectivity index (χ3v) is 4.61. The van der Waals surface area contributed by atoms with Crippen molar-refractivity contribution in [2.45, 2.75) is 26.2 Å². The Morgan fingerprint density at radius 2 is 2.04 bits per heavy atom. The minimum atomic E-state index is -0.460. The SMILES string of the molecule is Cc1cc(NC(=O)CCNc2ccccc2[N+](=O)[O-])ccc1N1CCCC1=O. The number of benzene rings is 2. The molecule has 0 aromatic heterocycles. The van der Waals surface area contributed by atoms with Gasteiger partial charge in [0.15, 0.2) is 0 Å². The number of carbonyl (C=O) groups excluding carboxylic acids is 2. The van der Waals surface area contributed by atoms with Crippen molar-refractivity contribution >= 4 is 34.6 Å². The predicted octanol–water partition coefficient (Wildman–Crippen LogP) is 3.47. The summed E-state index contributed by atoms with van der Waals surface area (Å²) < 4.78 is 0. The number of carbonyl (C=O) groups is 2. The lowest BCUT2D eigenvalue weighted by Gasteiger charge is -2.19. The van der Waals surface area contributed by atoms with Gasteiger partial charge in [-0.3, -0.25) is 19.7 Å². The van der Waals surface area contributed by atoms with Crippen LogP contribution in [-0.2, 0) is 9.59 Å². The number of aryl methyl sites for hydroxylation is 1. The van der Waals surface area contributed by atoms with Crippen LogP contribution in [0.4, 0.5) is 22.7 Å². The summed E-state index contributed by atoms with van der Waals surface area (Å²) in [6.07, 6.45) is 1.60. The number of hydrogen-bond acceptors (Lipinski definition) is 5. The molecule has 2 N–H and O–H groups in total. The van der Waals surface area contributed by atoms with Gasteiger partial charge in [-0.1, -0.05) is 12.1 Å². The lowest BCUT2D eigenvalue weighted by atomic mass is 10.1. The summed E-state index contributed by atoms with van der Waals surface area (Å²) in [5.74, 6) is -0.0727. The Morgan fingerprint density at radius 1 is 1.25 bits per heavy atom. The van der Waals surface area contributed by atoms with E-state index in [1.165, 1.54) is 6.07 Å². The molecule has 0 saturated carbocycles. The van der Waals surface area contributed by atoms with E-state index in [9.17, 15) is 19.7 Å². The van der Waals surface area contributed by atoms with Crippen LogP contribution < -0.4 is 15.5 Å². The second-order valence-electron chi connectivity index (χ2n) is 6.65. The molecule has 2 aromatic carbocycles. The Morgan fingerprint density at radius 3 is 2.71 bits per heavy atom. The van der Waals surface area contributed by atoms with Gasteiger partial charge in [0.25, 0.3) is 5.69 Å². The van der Waals surface area contributed by atoms with Gasteiger partial charge in [-0.25, -0.2) is 0 Å². The molecule has 0 spiro atoms. The van der Waals surface area contributed by atoms with Gasteiger partial charge in [0, 0.05) is 43.4 Å². The molecular weight excluding hydrogens is 360 g/mol. The smallest absolute Gasteiger partial charge is 0.292 e. The minimum absolute atomic E-state index is 0.0226. The van der Waals surface area contributed by atoms with E-state index in [2.05, 4.69) is 10.6 Å². The first-order valence-electron chi connectivity index (χ1n) is 9.14. The van der Waals surface area contributed by atoms with Gasteiger partial charge in [-0.05, 0) is 43.2 Å². The number of para-hydroxylation sites is 2. The number of rotatable bonds is 7. The normalized spacial score (nSPS) is 13.5. The van der Waals surface area contributed by atoms with E-state index in [1.807, 2.05) is 19.1 Å². The Hall–Kier alpha value is -3.42. The van der Waals surface area contributed by atoms with Crippen molar-refractivity contribution < 1.29 is 14.5 Å². The highest BCUT2D eigenvalue weighted by molar-refractivity contribution is 5.97. The number of nitro groups is 1. The summed E-state index contributed by atoms with van der Waals surface area (Å²) >= 11 is 0. The van der Waals surface area contributed by atoms with Crippen molar-refractivity contribution in [3.63, 3.8) is 0 Å². The Balaban J connectivity index is 1.55. The molecule has 2 aromatic rings. The molecule has 0 atom stereocenters. The lowest BCUT2D eigenvalue weighted by Crippen LogP contribution is -2.24. The number of amides is 2. The van der Waals surface area contributed by atoms with Crippen LogP contribution >= 0.6 is 0 Å². The summed E-state index contributed by atoms with van der Waals surface area (Å²) in [6, 6.07) is 11.8. The maximum Gasteiger partial charge on any atom is 0.292 e. The monoisotopic (exact) mass is 382 g/mol. The van der Waals surface area contributed by atoms with E-state index in [0.29, 0.717) is 17.8 Å². The molecule has 28 heavy (non-hydrogen) atoms. The van der Waals surface area contributed by atoms with Gasteiger partial charge in [0.05, 0.1) is 4.92 Å². The lowest BCUT2D eigenvalue weighted by molar-refractivity contribution is -0.384. The summed E-state index contributed by atoms with van der Waals surface area (Å²) in [7, 11) is 0. The highest BCUT2D eigenvalue weighted by atomic mass is 16.6. The minimum Gasteiger partial charge on any atom is -0.379 e. The number of hydrogen-bond donors (Lipinski definition) is 2. The summed E-state index contributed by atoms with van der Waals surface area (Å²) in [4.78, 5) is 36.4. The Kier molecular flexibility index (Phi) is 5.88. The third-order valence-electron chi connectivity index (χ3n) is 4.61. The van der Waals surface area contributed by atoms with Crippen LogP contribution in [0.1, 0.15) is 24.8 Å². The fraction of sp³-hybridized carbons (Fsp3) is 0.300. The fourth-order valence-electron chi connectivity index (χ4n) is 3.26. The molecular formula is C20H22N4O4. The Bertz CT molecular complexity index is 913. The molecule has 0 radical (unpaired) electrons. The molecule has 0 aliphatic carbocycles. The van der Waals surface area contributed by atoms with Crippen molar-refractivity contribution in [3.8, 4) is 0 Å². The van der Waals surface area contributed by atoms with Gasteiger partial charge >= 0.3 is 0 Å². The zero-order valence-corrected chi connectivity index (χ0v) is 15.6. The fourth-order valence-corrected chi connectivity index (χ4v) is 3.26. The highest BCUT2D eigenvalue weighted by Crippen LogP contribution is 2.27. The van der Waals surface area contributed by atoms with Crippen LogP contribution in [0.15, 0.2) is 42.5 Å². The summed E-state index contributed by atoms with van der Waals surface area (Å²) in [6.45, 7) is 2.91. The van der Waals surface area contributed by atoms with Crippen molar-refractivity contribution in [1.82, 2.24) is 0 Å². The molecule has 1 aliphatic rings. The molecule has 1 fully saturated rings. The highest BCUT2D eigenvalue weighted by Gasteiger charge is 2.23. The average Bonchev–Trinajstić information content (AvgIpc) is 3.08. The number of nitrogens with zero attached hydrogens (tertiary/aromatic N) is 2. The predicted molar refractivity (Wildman–Crippen MR) is 108 cm³/mol. The molecule has 146 valence electrons. The van der Waals surface area contributed by atoms with Crippen LogP contribution in [0.2, 0.25) is 0 Å². The van der Waals surface area contributed by atoms with Gasteiger partial charge in [-0.2, -0.15) is 0 Å². The number of nitro benzene ring substituents is 1. The van der Waals surface area contributed by atoms with E-state index in [-0.39, 0.29) is 30.5 Å². The zero-order valence-electron chi connectivity index (χ0n) is 15.6. The van der Waals surface area contributed by atoms with Crippen molar-refractivity contribution in [2.24, 2.45) is 0 Å². The first kappa shape index (κ1) is 19.3. The average molecular weight is 382 g/mol. The van der Waals surface area contributed by atoms with Crippen molar-refractivity contribution in [2.75, 3.05) is 28.6 Å². The molecule has 0 unspecified atom stereocenters. The first-order chi connectivity index (χ1) is 13.5. The summed E-state index contributed by atoms with van der Waals surface area (Å²) in [5, 5.41) is 16.7. The molecule has 3 rings (SSSR count). The molecule has 8 heteroatoms. The van der Waals surface area contributed by atoms with Crippen LogP contribution in [0.5, 0.6) is 0 Å². The van der Waals surface area contributed by atoms with Crippen LogP contribution in [0, 0.1) is 17.0 Å². The molecule has 1 aliphatic heterocycles. The van der Waals surface area contributed by atoms with Gasteiger partial charge in [0.2, 0.25) is 11.8 Å². The maximum absolute atomic E-state index is 12.2. The second-order valence-corrected chi connectivity index (χ2v) is 6.65. The van der Waals surface area contributed by atoms with Gasteiger partial charge in [-0.15, -0.1) is 0 Å². The molecule has 8 nitrogen and oxygen atoms in total. The van der Waals surface area contributed by atoms with Crippen molar-refractivity contribution in [1.29, 1.82) is 0 Å². The number of anilines is 3. The molecule has 0 bridgehead atoms. The topological polar surface area (TPSA) is 105 Å². The van der Waals surface area contributed by atoms with Gasteiger partial charge in [0.1, 0.15) is 5.69 Å². The van der Waals surface area contributed by atoms with E-state index < -0.39 is 4.92 Å². The first-order valence-corrected chi connectivity index (χ1v) is 9.14. The summed E-state index contributed by atoms with van der Waals surface area (Å²) in [5.41, 5.74) is 2.81. The molecule has 1 heterocycles. The van der Waals surface area contributed by atoms with Crippen molar-refractivity contribution in [3.05, 3.63) is 58.1 Å². The van der Waals surface area contributed by atoms with E-state index in [1.54, 1.807) is 29.2 Å². The number of nitrogens with one attached hydrogen (secondary N) is 2. The largest absolute Gasteiger partial charge is 0.379 e.